The van der Waals surface area contributed by atoms with Crippen molar-refractivity contribution in [1.82, 2.24) is 5.32 Å². The van der Waals surface area contributed by atoms with Crippen LogP contribution >= 0.6 is 0 Å². The zero-order valence-corrected chi connectivity index (χ0v) is 56.5. The van der Waals surface area contributed by atoms with Gasteiger partial charge in [0.25, 0.3) is 0 Å². The predicted octanol–water partition coefficient (Wildman–Crippen LogP) is 0.918. The number of hydrogen-bond donors (Lipinski definition) is 2. The monoisotopic (exact) mass is 1350 g/mol. The summed E-state index contributed by atoms with van der Waals surface area (Å²) >= 11 is 0. The Labute approximate surface area is 549 Å². The summed E-state index contributed by atoms with van der Waals surface area (Å²) in [6, 6.07) is 0. The number of amides is 1. The quantitative estimate of drug-likeness (QED) is 0.0800. The van der Waals surface area contributed by atoms with Crippen LogP contribution in [0.25, 0.3) is 0 Å². The van der Waals surface area contributed by atoms with E-state index in [2.05, 4.69) is 5.32 Å². The normalized spacial score (nSPS) is 11.9. The lowest BCUT2D eigenvalue weighted by Crippen LogP contribution is -2.34. The molecular formula is C61H124N2O29. The summed E-state index contributed by atoms with van der Waals surface area (Å²) in [5.74, 6) is 0. The predicted molar refractivity (Wildman–Crippen MR) is 335 cm³/mol. The first-order valence-corrected chi connectivity index (χ1v) is 32.7. The van der Waals surface area contributed by atoms with Crippen molar-refractivity contribution >= 4 is 6.09 Å². The Kier molecular flexibility index (Phi) is 79.9. The maximum atomic E-state index is 11.5. The maximum Gasteiger partial charge on any atom is 0.407 e. The second-order valence-corrected chi connectivity index (χ2v) is 19.8. The van der Waals surface area contributed by atoms with Crippen molar-refractivity contribution in [3.05, 3.63) is 0 Å². The van der Waals surface area contributed by atoms with Crippen molar-refractivity contribution in [1.29, 1.82) is 0 Å². The topological polar surface area (TPSA) is 314 Å². The third-order valence-electron chi connectivity index (χ3n) is 10.8. The fourth-order valence-electron chi connectivity index (χ4n) is 6.44. The molecule has 0 fully saturated rings. The molecule has 0 radical (unpaired) electrons. The highest BCUT2D eigenvalue weighted by molar-refractivity contribution is 5.67. The van der Waals surface area contributed by atoms with Crippen LogP contribution in [0.5, 0.6) is 0 Å². The number of nitrogens with two attached hydrogens (primary N) is 1. The second-order valence-electron chi connectivity index (χ2n) is 19.8. The number of alkyl carbamates (subject to hydrolysis) is 1. The molecule has 0 rings (SSSR count). The van der Waals surface area contributed by atoms with E-state index in [0.29, 0.717) is 370 Å². The number of carbonyl (C=O) groups is 1. The van der Waals surface area contributed by atoms with Gasteiger partial charge < -0.3 is 144 Å². The van der Waals surface area contributed by atoms with Crippen LogP contribution in [0.1, 0.15) is 20.8 Å². The molecule has 0 aliphatic heterocycles. The van der Waals surface area contributed by atoms with Crippen LogP contribution in [0.2, 0.25) is 0 Å². The smallest absolute Gasteiger partial charge is 0.407 e. The molecule has 92 heavy (non-hydrogen) atoms. The van der Waals surface area contributed by atoms with E-state index in [0.717, 1.165) is 0 Å². The summed E-state index contributed by atoms with van der Waals surface area (Å²) in [5.41, 5.74) is 4.83. The largest absolute Gasteiger partial charge is 0.444 e. The van der Waals surface area contributed by atoms with Crippen molar-refractivity contribution in [3.63, 3.8) is 0 Å². The third-order valence-corrected chi connectivity index (χ3v) is 10.8. The van der Waals surface area contributed by atoms with Crippen molar-refractivity contribution in [3.8, 4) is 0 Å². The Balaban J connectivity index is 3.10. The van der Waals surface area contributed by atoms with E-state index in [-0.39, 0.29) is 0 Å². The molecule has 0 bridgehead atoms. The number of rotatable bonds is 83. The molecule has 0 aromatic rings. The summed E-state index contributed by atoms with van der Waals surface area (Å²) in [7, 11) is 0. The fourth-order valence-corrected chi connectivity index (χ4v) is 6.44. The minimum Gasteiger partial charge on any atom is -0.444 e. The summed E-state index contributed by atoms with van der Waals surface area (Å²) in [6.07, 6.45) is -0.459. The van der Waals surface area contributed by atoms with Crippen LogP contribution in [0.3, 0.4) is 0 Å². The van der Waals surface area contributed by atoms with Gasteiger partial charge in [0.1, 0.15) is 5.60 Å². The van der Waals surface area contributed by atoms with E-state index in [1.165, 1.54) is 0 Å². The standard InChI is InChI=1S/C61H124N2O29/c1-61(2,3)92-60(64)63-5-7-66-9-11-68-13-15-70-17-19-72-21-23-74-25-27-76-29-31-78-33-35-80-37-39-82-41-43-84-45-47-86-49-51-88-53-55-90-57-59-91-58-56-89-54-52-87-50-48-85-46-44-83-42-40-81-38-36-79-34-32-77-30-28-75-26-24-73-22-20-71-18-16-69-14-12-67-10-8-65-6-4-62/h4-59,62H2,1-3H3,(H,63,64). The Morgan fingerprint density at radius 1 is 0.207 bits per heavy atom. The SMILES string of the molecule is CC(C)(C)OC(=O)NCCOCCOCCOCCOCCOCCOCCOCCOCCOCCOCCOCCOCCOCCOCCOCCOCCOCCOCCOCCOCCOCCOCCOCCOCCOCCOCCOCCN. The first-order valence-electron chi connectivity index (χ1n) is 32.7. The molecule has 31 nitrogen and oxygen atoms in total. The molecular weight excluding hydrogens is 1220 g/mol. The van der Waals surface area contributed by atoms with Gasteiger partial charge in [-0.25, -0.2) is 4.79 Å². The van der Waals surface area contributed by atoms with Gasteiger partial charge in [-0.15, -0.1) is 0 Å². The number of ether oxygens (including phenoxy) is 28. The minimum atomic E-state index is -0.522. The van der Waals surface area contributed by atoms with Crippen molar-refractivity contribution in [2.75, 3.05) is 370 Å². The lowest BCUT2D eigenvalue weighted by molar-refractivity contribution is -0.0322. The fraction of sp³-hybridized carbons (Fsp3) is 0.984. The molecule has 0 atom stereocenters. The number of hydrogen-bond acceptors (Lipinski definition) is 30. The maximum absolute atomic E-state index is 11.5. The van der Waals surface area contributed by atoms with E-state index in [1.807, 2.05) is 20.8 Å². The van der Waals surface area contributed by atoms with Crippen molar-refractivity contribution in [2.24, 2.45) is 5.73 Å². The van der Waals surface area contributed by atoms with Gasteiger partial charge in [0.05, 0.1) is 357 Å². The van der Waals surface area contributed by atoms with Crippen molar-refractivity contribution in [2.45, 2.75) is 26.4 Å². The van der Waals surface area contributed by atoms with Gasteiger partial charge in [-0.3, -0.25) is 0 Å². The molecule has 0 spiro atoms. The molecule has 0 saturated heterocycles. The van der Waals surface area contributed by atoms with Gasteiger partial charge in [-0.1, -0.05) is 0 Å². The molecule has 0 aliphatic carbocycles. The van der Waals surface area contributed by atoms with E-state index < -0.39 is 11.7 Å². The zero-order chi connectivity index (χ0) is 66.2. The third kappa shape index (κ3) is 86.2. The Morgan fingerprint density at radius 2 is 0.315 bits per heavy atom. The summed E-state index contributed by atoms with van der Waals surface area (Å²) in [4.78, 5) is 11.5. The van der Waals surface area contributed by atoms with Crippen LogP contribution in [0, 0.1) is 0 Å². The summed E-state index contributed by atoms with van der Waals surface area (Å²) in [5, 5.41) is 2.63. The molecule has 0 unspecified atom stereocenters. The Morgan fingerprint density at radius 3 is 0.424 bits per heavy atom. The zero-order valence-electron chi connectivity index (χ0n) is 56.5. The molecule has 552 valence electrons. The van der Waals surface area contributed by atoms with Crippen LogP contribution < -0.4 is 11.1 Å². The number of nitrogens with one attached hydrogen (secondary N) is 1. The Hall–Kier alpha value is -1.85. The van der Waals surface area contributed by atoms with E-state index in [1.54, 1.807) is 0 Å². The van der Waals surface area contributed by atoms with Crippen LogP contribution in [0.4, 0.5) is 4.79 Å². The lowest BCUT2D eigenvalue weighted by atomic mass is 10.2. The highest BCUT2D eigenvalue weighted by atomic mass is 16.6. The molecule has 3 N–H and O–H groups in total. The average molecular weight is 1350 g/mol. The van der Waals surface area contributed by atoms with Crippen LogP contribution in [0.15, 0.2) is 0 Å². The van der Waals surface area contributed by atoms with Gasteiger partial charge in [-0.2, -0.15) is 0 Å². The highest BCUT2D eigenvalue weighted by Gasteiger charge is 2.15. The van der Waals surface area contributed by atoms with Crippen LogP contribution in [-0.2, 0) is 133 Å². The second kappa shape index (κ2) is 81.6. The lowest BCUT2D eigenvalue weighted by Gasteiger charge is -2.19. The molecule has 0 aromatic carbocycles. The van der Waals surface area contributed by atoms with Gasteiger partial charge >= 0.3 is 6.09 Å². The molecule has 0 aromatic heterocycles. The van der Waals surface area contributed by atoms with Gasteiger partial charge in [0, 0.05) is 13.1 Å². The molecule has 0 saturated carbocycles. The van der Waals surface area contributed by atoms with Gasteiger partial charge in [0.15, 0.2) is 0 Å². The molecule has 1 amide bonds. The molecule has 0 heterocycles. The van der Waals surface area contributed by atoms with E-state index >= 15 is 0 Å². The summed E-state index contributed by atoms with van der Waals surface area (Å²) in [6.45, 7) is 32.4. The average Bonchev–Trinajstić information content (AvgIpc) is 3.73. The minimum absolute atomic E-state index is 0.373. The van der Waals surface area contributed by atoms with Gasteiger partial charge in [0.2, 0.25) is 0 Å². The molecule has 31 heteroatoms. The van der Waals surface area contributed by atoms with E-state index in [4.69, 9.17) is 138 Å². The van der Waals surface area contributed by atoms with Crippen LogP contribution in [-0.4, -0.2) is 382 Å². The van der Waals surface area contributed by atoms with Gasteiger partial charge in [-0.05, 0) is 20.8 Å². The molecule has 0 aliphatic rings. The highest BCUT2D eigenvalue weighted by Crippen LogP contribution is 2.06. The first kappa shape index (κ1) is 90.2. The number of carbonyl (C=O) groups excluding carboxylic acids is 1. The van der Waals surface area contributed by atoms with E-state index in [9.17, 15) is 4.79 Å². The summed E-state index contributed by atoms with van der Waals surface area (Å²) < 4.78 is 153. The first-order chi connectivity index (χ1) is 45.5. The van der Waals surface area contributed by atoms with Crippen molar-refractivity contribution < 1.29 is 137 Å². The Bertz CT molecular complexity index is 1360.